The molecule has 6 nitrogen and oxygen atoms in total. The lowest BCUT2D eigenvalue weighted by molar-refractivity contribution is -0.117. The number of hydrogen-bond donors (Lipinski definition) is 2. The summed E-state index contributed by atoms with van der Waals surface area (Å²) in [7, 11) is 0. The second kappa shape index (κ2) is 10.1. The Balaban J connectivity index is 1.54. The Labute approximate surface area is 177 Å². The predicted molar refractivity (Wildman–Crippen MR) is 120 cm³/mol. The zero-order chi connectivity index (χ0) is 20.6. The maximum absolute atomic E-state index is 11.8. The Morgan fingerprint density at radius 2 is 1.79 bits per heavy atom. The highest BCUT2D eigenvalue weighted by Crippen LogP contribution is 2.28. The molecule has 0 aliphatic carbocycles. The largest absolute Gasteiger partial charge is 0.490 e. The van der Waals surface area contributed by atoms with E-state index in [4.69, 9.17) is 21.7 Å². The minimum atomic E-state index is 0.185. The monoisotopic (exact) mass is 413 g/mol. The van der Waals surface area contributed by atoms with Crippen molar-refractivity contribution in [3.05, 3.63) is 48.0 Å². The van der Waals surface area contributed by atoms with Gasteiger partial charge in [0.25, 0.3) is 0 Å². The molecule has 0 bridgehead atoms. The lowest BCUT2D eigenvalue weighted by Crippen LogP contribution is -2.28. The van der Waals surface area contributed by atoms with Crippen LogP contribution in [-0.4, -0.2) is 30.8 Å². The fourth-order valence-corrected chi connectivity index (χ4v) is 3.40. The van der Waals surface area contributed by atoms with Gasteiger partial charge in [0.2, 0.25) is 5.91 Å². The molecule has 0 unspecified atom stereocenters. The third kappa shape index (κ3) is 5.60. The highest BCUT2D eigenvalue weighted by atomic mass is 32.1. The van der Waals surface area contributed by atoms with Crippen molar-refractivity contribution in [1.29, 1.82) is 0 Å². The molecule has 154 valence electrons. The fraction of sp³-hybridized carbons (Fsp3) is 0.364. The van der Waals surface area contributed by atoms with Crippen molar-refractivity contribution in [1.82, 2.24) is 5.32 Å². The quantitative estimate of drug-likeness (QED) is 0.636. The van der Waals surface area contributed by atoms with E-state index in [1.54, 1.807) is 0 Å². The van der Waals surface area contributed by atoms with E-state index in [2.05, 4.69) is 10.6 Å². The van der Waals surface area contributed by atoms with Crippen molar-refractivity contribution in [2.24, 2.45) is 0 Å². The molecule has 1 aliphatic heterocycles. The Bertz CT molecular complexity index is 855. The molecular formula is C22H27N3O3S. The van der Waals surface area contributed by atoms with Gasteiger partial charge < -0.3 is 25.0 Å². The van der Waals surface area contributed by atoms with Gasteiger partial charge in [0, 0.05) is 30.9 Å². The van der Waals surface area contributed by atoms with E-state index in [0.717, 1.165) is 41.4 Å². The normalized spacial score (nSPS) is 13.3. The standard InChI is InChI=1S/C22H27N3O3S/c1-3-27-19-12-7-16(14-20(19)28-4-2)15-23-22(29)24-17-8-10-18(11-9-17)25-13-5-6-21(25)26/h7-12,14H,3-6,13,15H2,1-2H3,(H2,23,24,29). The fourth-order valence-electron chi connectivity index (χ4n) is 3.21. The summed E-state index contributed by atoms with van der Waals surface area (Å²) in [5.74, 6) is 1.67. The summed E-state index contributed by atoms with van der Waals surface area (Å²) in [6, 6.07) is 13.6. The van der Waals surface area contributed by atoms with Crippen molar-refractivity contribution >= 4 is 34.6 Å². The number of nitrogens with one attached hydrogen (secondary N) is 2. The molecule has 1 heterocycles. The first-order valence-electron chi connectivity index (χ1n) is 9.94. The topological polar surface area (TPSA) is 62.8 Å². The minimum absolute atomic E-state index is 0.185. The number of ether oxygens (including phenoxy) is 2. The number of anilines is 2. The van der Waals surface area contributed by atoms with Gasteiger partial charge in [-0.1, -0.05) is 6.07 Å². The van der Waals surface area contributed by atoms with Gasteiger partial charge in [0.1, 0.15) is 0 Å². The van der Waals surface area contributed by atoms with Gasteiger partial charge in [0.15, 0.2) is 16.6 Å². The number of nitrogens with zero attached hydrogens (tertiary/aromatic N) is 1. The average molecular weight is 414 g/mol. The van der Waals surface area contributed by atoms with Gasteiger partial charge in [-0.25, -0.2) is 0 Å². The van der Waals surface area contributed by atoms with E-state index in [1.165, 1.54) is 0 Å². The maximum atomic E-state index is 11.8. The summed E-state index contributed by atoms with van der Waals surface area (Å²) in [5.41, 5.74) is 2.85. The Kier molecular flexibility index (Phi) is 7.30. The number of amides is 1. The SMILES string of the molecule is CCOc1ccc(CNC(=S)Nc2ccc(N3CCCC3=O)cc2)cc1OCC. The second-order valence-corrected chi connectivity index (χ2v) is 7.06. The summed E-state index contributed by atoms with van der Waals surface area (Å²) in [6.07, 6.45) is 1.55. The van der Waals surface area contributed by atoms with Crippen molar-refractivity contribution in [2.75, 3.05) is 30.0 Å². The molecule has 0 spiro atoms. The molecule has 1 fully saturated rings. The van der Waals surface area contributed by atoms with E-state index < -0.39 is 0 Å². The van der Waals surface area contributed by atoms with E-state index in [9.17, 15) is 4.79 Å². The van der Waals surface area contributed by atoms with Gasteiger partial charge in [0.05, 0.1) is 13.2 Å². The predicted octanol–water partition coefficient (Wildman–Crippen LogP) is 4.10. The zero-order valence-corrected chi connectivity index (χ0v) is 17.7. The van der Waals surface area contributed by atoms with E-state index in [1.807, 2.05) is 61.2 Å². The van der Waals surface area contributed by atoms with Crippen LogP contribution in [0.1, 0.15) is 32.3 Å². The average Bonchev–Trinajstić information content (AvgIpc) is 3.15. The molecular weight excluding hydrogens is 386 g/mol. The Morgan fingerprint density at radius 1 is 1.07 bits per heavy atom. The molecule has 1 aliphatic rings. The first-order valence-corrected chi connectivity index (χ1v) is 10.3. The maximum Gasteiger partial charge on any atom is 0.227 e. The van der Waals surface area contributed by atoms with E-state index in [-0.39, 0.29) is 5.91 Å². The number of rotatable bonds is 8. The van der Waals surface area contributed by atoms with Crippen LogP contribution in [0.15, 0.2) is 42.5 Å². The molecule has 2 aromatic rings. The van der Waals surface area contributed by atoms with Crippen LogP contribution in [-0.2, 0) is 11.3 Å². The van der Waals surface area contributed by atoms with E-state index in [0.29, 0.717) is 31.3 Å². The first kappa shape index (κ1) is 20.9. The van der Waals surface area contributed by atoms with Crippen LogP contribution in [0.5, 0.6) is 11.5 Å². The molecule has 0 aromatic heterocycles. The molecule has 7 heteroatoms. The van der Waals surface area contributed by atoms with Crippen LogP contribution >= 0.6 is 12.2 Å². The zero-order valence-electron chi connectivity index (χ0n) is 16.9. The van der Waals surface area contributed by atoms with Gasteiger partial charge in [-0.2, -0.15) is 0 Å². The van der Waals surface area contributed by atoms with Crippen LogP contribution in [0, 0.1) is 0 Å². The van der Waals surface area contributed by atoms with Crippen molar-refractivity contribution in [3.8, 4) is 11.5 Å². The second-order valence-electron chi connectivity index (χ2n) is 6.65. The molecule has 2 N–H and O–H groups in total. The highest BCUT2D eigenvalue weighted by molar-refractivity contribution is 7.80. The summed E-state index contributed by atoms with van der Waals surface area (Å²) < 4.78 is 11.3. The number of benzene rings is 2. The van der Waals surface area contributed by atoms with Crippen LogP contribution in [0.3, 0.4) is 0 Å². The third-order valence-corrected chi connectivity index (χ3v) is 4.82. The van der Waals surface area contributed by atoms with Gasteiger partial charge in [-0.3, -0.25) is 4.79 Å². The van der Waals surface area contributed by atoms with Crippen molar-refractivity contribution < 1.29 is 14.3 Å². The molecule has 0 atom stereocenters. The van der Waals surface area contributed by atoms with E-state index >= 15 is 0 Å². The number of thiocarbonyl (C=S) groups is 1. The molecule has 1 amide bonds. The van der Waals surface area contributed by atoms with Gasteiger partial charge in [-0.05, 0) is 74.4 Å². The van der Waals surface area contributed by atoms with Crippen LogP contribution in [0.4, 0.5) is 11.4 Å². The Morgan fingerprint density at radius 3 is 2.45 bits per heavy atom. The summed E-state index contributed by atoms with van der Waals surface area (Å²) in [5, 5.41) is 6.91. The van der Waals surface area contributed by atoms with Gasteiger partial charge in [-0.15, -0.1) is 0 Å². The van der Waals surface area contributed by atoms with Crippen molar-refractivity contribution in [2.45, 2.75) is 33.2 Å². The summed E-state index contributed by atoms with van der Waals surface area (Å²) >= 11 is 5.40. The van der Waals surface area contributed by atoms with Crippen LogP contribution < -0.4 is 25.0 Å². The molecule has 0 saturated carbocycles. The number of carbonyl (C=O) groups is 1. The molecule has 1 saturated heterocycles. The van der Waals surface area contributed by atoms with Crippen molar-refractivity contribution in [3.63, 3.8) is 0 Å². The lowest BCUT2D eigenvalue weighted by Gasteiger charge is -2.17. The third-order valence-electron chi connectivity index (χ3n) is 4.57. The van der Waals surface area contributed by atoms with Crippen LogP contribution in [0.25, 0.3) is 0 Å². The minimum Gasteiger partial charge on any atom is -0.490 e. The van der Waals surface area contributed by atoms with Crippen LogP contribution in [0.2, 0.25) is 0 Å². The number of carbonyl (C=O) groups excluding carboxylic acids is 1. The molecule has 2 aromatic carbocycles. The summed E-state index contributed by atoms with van der Waals surface area (Å²) in [4.78, 5) is 13.7. The Hall–Kier alpha value is -2.80. The summed E-state index contributed by atoms with van der Waals surface area (Å²) in [6.45, 7) is 6.43. The molecule has 0 radical (unpaired) electrons. The smallest absolute Gasteiger partial charge is 0.227 e. The molecule has 3 rings (SSSR count). The van der Waals surface area contributed by atoms with Gasteiger partial charge >= 0.3 is 0 Å². The first-order chi connectivity index (χ1) is 14.1. The lowest BCUT2D eigenvalue weighted by atomic mass is 10.2. The highest BCUT2D eigenvalue weighted by Gasteiger charge is 2.21. The number of hydrogen-bond acceptors (Lipinski definition) is 4. The molecule has 29 heavy (non-hydrogen) atoms.